The highest BCUT2D eigenvalue weighted by atomic mass is 32.2. The molecule has 2 heterocycles. The molecule has 2 aromatic heterocycles. The summed E-state index contributed by atoms with van der Waals surface area (Å²) in [5.74, 6) is 0.561. The van der Waals surface area contributed by atoms with Crippen LogP contribution in [0.4, 0.5) is 0 Å². The van der Waals surface area contributed by atoms with Crippen LogP contribution in [0.2, 0.25) is 0 Å². The number of hydrogen-bond acceptors (Lipinski definition) is 7. The van der Waals surface area contributed by atoms with E-state index >= 15 is 0 Å². The third-order valence-corrected chi connectivity index (χ3v) is 5.19. The molecular weight excluding hydrogens is 396 g/mol. The van der Waals surface area contributed by atoms with E-state index in [0.717, 1.165) is 10.9 Å². The van der Waals surface area contributed by atoms with Gasteiger partial charge in [0.15, 0.2) is 0 Å². The zero-order chi connectivity index (χ0) is 20.4. The van der Waals surface area contributed by atoms with Gasteiger partial charge < -0.3 is 9.15 Å². The van der Waals surface area contributed by atoms with Crippen molar-refractivity contribution in [2.24, 2.45) is 5.14 Å². The first-order valence-corrected chi connectivity index (χ1v) is 10.1. The molecule has 148 valence electrons. The third kappa shape index (κ3) is 4.18. The Labute approximate surface area is 165 Å². The fraction of sp³-hybridized carbons (Fsp3) is 0.105. The number of aromatic nitrogens is 3. The number of fused-ring (bicyclic) bond motifs is 1. The van der Waals surface area contributed by atoms with Gasteiger partial charge in [0.25, 0.3) is 0 Å². The Morgan fingerprint density at radius 1 is 1.07 bits per heavy atom. The Hall–Kier alpha value is -3.50. The molecule has 0 radical (unpaired) electrons. The summed E-state index contributed by atoms with van der Waals surface area (Å²) < 4.78 is 35.3. The molecular formula is C19H16N4O5S. The predicted octanol–water partition coefficient (Wildman–Crippen LogP) is 1.78. The summed E-state index contributed by atoms with van der Waals surface area (Å²) in [6.07, 6.45) is 1.58. The molecule has 0 fully saturated rings. The van der Waals surface area contributed by atoms with Gasteiger partial charge in [-0.2, -0.15) is 0 Å². The van der Waals surface area contributed by atoms with E-state index in [1.807, 2.05) is 6.07 Å². The predicted molar refractivity (Wildman–Crippen MR) is 105 cm³/mol. The fourth-order valence-electron chi connectivity index (χ4n) is 2.84. The minimum absolute atomic E-state index is 0.0339. The number of nitrogens with two attached hydrogens (primary N) is 1. The van der Waals surface area contributed by atoms with Crippen LogP contribution >= 0.6 is 0 Å². The SMILES string of the molecule is NS(=O)(=O)c1ccc(-c2cnnn2CCOc2ccc3ccc(=O)oc3c2)cc1. The Morgan fingerprint density at radius 3 is 2.59 bits per heavy atom. The van der Waals surface area contributed by atoms with E-state index in [2.05, 4.69) is 10.3 Å². The maximum Gasteiger partial charge on any atom is 0.336 e. The Morgan fingerprint density at radius 2 is 1.83 bits per heavy atom. The molecule has 0 spiro atoms. The summed E-state index contributed by atoms with van der Waals surface area (Å²) in [7, 11) is -3.75. The number of primary sulfonamides is 1. The quantitative estimate of drug-likeness (QED) is 0.478. The summed E-state index contributed by atoms with van der Waals surface area (Å²) in [5, 5.41) is 13.9. The van der Waals surface area contributed by atoms with E-state index in [9.17, 15) is 13.2 Å². The van der Waals surface area contributed by atoms with E-state index < -0.39 is 15.6 Å². The lowest BCUT2D eigenvalue weighted by Crippen LogP contribution is -2.12. The van der Waals surface area contributed by atoms with Gasteiger partial charge in [-0.15, -0.1) is 5.10 Å². The van der Waals surface area contributed by atoms with Gasteiger partial charge in [-0.25, -0.2) is 23.0 Å². The average molecular weight is 412 g/mol. The molecule has 0 bridgehead atoms. The van der Waals surface area contributed by atoms with Gasteiger partial charge in [0.2, 0.25) is 10.0 Å². The van der Waals surface area contributed by atoms with Crippen molar-refractivity contribution in [3.8, 4) is 17.0 Å². The van der Waals surface area contributed by atoms with Crippen LogP contribution in [0.5, 0.6) is 5.75 Å². The standard InChI is InChI=1S/C19H16N4O5S/c20-29(25,26)16-6-2-13(3-7-16)17-12-21-22-23(17)9-10-27-15-5-1-14-4-8-19(24)28-18(14)11-15/h1-8,11-12H,9-10H2,(H2,20,25,26). The smallest absolute Gasteiger partial charge is 0.336 e. The van der Waals surface area contributed by atoms with Gasteiger partial charge in [0.05, 0.1) is 23.3 Å². The molecule has 4 rings (SSSR count). The molecule has 0 aliphatic carbocycles. The summed E-state index contributed by atoms with van der Waals surface area (Å²) in [6, 6.07) is 14.5. The molecule has 4 aromatic rings. The zero-order valence-corrected chi connectivity index (χ0v) is 15.9. The molecule has 0 atom stereocenters. The van der Waals surface area contributed by atoms with Gasteiger partial charge in [-0.05, 0) is 30.3 Å². The molecule has 0 saturated carbocycles. The second-order valence-electron chi connectivity index (χ2n) is 6.21. The number of nitrogens with zero attached hydrogens (tertiary/aromatic N) is 3. The van der Waals surface area contributed by atoms with Crippen molar-refractivity contribution in [3.63, 3.8) is 0 Å². The van der Waals surface area contributed by atoms with Gasteiger partial charge in [-0.3, -0.25) is 0 Å². The van der Waals surface area contributed by atoms with Crippen molar-refractivity contribution < 1.29 is 17.6 Å². The highest BCUT2D eigenvalue weighted by Gasteiger charge is 2.11. The van der Waals surface area contributed by atoms with Crippen molar-refractivity contribution in [2.75, 3.05) is 6.61 Å². The van der Waals surface area contributed by atoms with Crippen LogP contribution in [0, 0.1) is 0 Å². The van der Waals surface area contributed by atoms with Crippen LogP contribution in [0.1, 0.15) is 0 Å². The molecule has 0 saturated heterocycles. The number of sulfonamides is 1. The minimum Gasteiger partial charge on any atom is -0.492 e. The number of rotatable bonds is 6. The summed E-state index contributed by atoms with van der Waals surface area (Å²) in [4.78, 5) is 11.4. The normalized spacial score (nSPS) is 11.6. The van der Waals surface area contributed by atoms with Crippen LogP contribution in [0.15, 0.2) is 74.9 Å². The van der Waals surface area contributed by atoms with Crippen molar-refractivity contribution >= 4 is 21.0 Å². The van der Waals surface area contributed by atoms with Crippen LogP contribution in [0.25, 0.3) is 22.2 Å². The average Bonchev–Trinajstić information content (AvgIpc) is 3.15. The maximum absolute atomic E-state index is 11.4. The topological polar surface area (TPSA) is 130 Å². The molecule has 10 heteroatoms. The van der Waals surface area contributed by atoms with E-state index in [4.69, 9.17) is 14.3 Å². The van der Waals surface area contributed by atoms with Gasteiger partial charge in [-0.1, -0.05) is 17.3 Å². The summed E-state index contributed by atoms with van der Waals surface area (Å²) in [5.41, 5.74) is 1.48. The van der Waals surface area contributed by atoms with Gasteiger partial charge in [0, 0.05) is 23.1 Å². The minimum atomic E-state index is -3.75. The molecule has 0 amide bonds. The monoisotopic (exact) mass is 412 g/mol. The molecule has 0 unspecified atom stereocenters. The lowest BCUT2D eigenvalue weighted by molar-refractivity contribution is 0.290. The number of ether oxygens (including phenoxy) is 1. The van der Waals surface area contributed by atoms with Gasteiger partial charge >= 0.3 is 5.63 Å². The Kier molecular flexibility index (Phi) is 4.87. The Balaban J connectivity index is 1.46. The van der Waals surface area contributed by atoms with Crippen molar-refractivity contribution in [2.45, 2.75) is 11.4 Å². The van der Waals surface area contributed by atoms with Crippen LogP contribution in [0.3, 0.4) is 0 Å². The van der Waals surface area contributed by atoms with E-state index in [1.54, 1.807) is 41.2 Å². The van der Waals surface area contributed by atoms with Crippen LogP contribution in [-0.4, -0.2) is 30.0 Å². The van der Waals surface area contributed by atoms with Gasteiger partial charge in [0.1, 0.15) is 17.9 Å². The third-order valence-electron chi connectivity index (χ3n) is 4.26. The fourth-order valence-corrected chi connectivity index (χ4v) is 3.36. The molecule has 9 nitrogen and oxygen atoms in total. The van der Waals surface area contributed by atoms with Crippen molar-refractivity contribution in [1.29, 1.82) is 0 Å². The lowest BCUT2D eigenvalue weighted by atomic mass is 10.2. The van der Waals surface area contributed by atoms with E-state index in [-0.39, 0.29) is 4.90 Å². The van der Waals surface area contributed by atoms with Crippen LogP contribution in [-0.2, 0) is 16.6 Å². The van der Waals surface area contributed by atoms with Crippen LogP contribution < -0.4 is 15.5 Å². The summed E-state index contributed by atoms with van der Waals surface area (Å²) >= 11 is 0. The maximum atomic E-state index is 11.4. The zero-order valence-electron chi connectivity index (χ0n) is 15.1. The first-order chi connectivity index (χ1) is 13.9. The first kappa shape index (κ1) is 18.8. The second-order valence-corrected chi connectivity index (χ2v) is 7.78. The molecule has 0 aliphatic heterocycles. The van der Waals surface area contributed by atoms with E-state index in [1.165, 1.54) is 18.2 Å². The van der Waals surface area contributed by atoms with Crippen molar-refractivity contribution in [1.82, 2.24) is 15.0 Å². The van der Waals surface area contributed by atoms with E-state index in [0.29, 0.717) is 30.2 Å². The number of hydrogen-bond donors (Lipinski definition) is 1. The lowest BCUT2D eigenvalue weighted by Gasteiger charge is -2.09. The highest BCUT2D eigenvalue weighted by Crippen LogP contribution is 2.21. The highest BCUT2D eigenvalue weighted by molar-refractivity contribution is 7.89. The first-order valence-electron chi connectivity index (χ1n) is 8.59. The number of benzene rings is 2. The molecule has 0 aliphatic rings. The Bertz CT molecular complexity index is 1330. The second kappa shape index (κ2) is 7.49. The summed E-state index contributed by atoms with van der Waals surface area (Å²) in [6.45, 7) is 0.706. The molecule has 2 aromatic carbocycles. The molecule has 2 N–H and O–H groups in total. The van der Waals surface area contributed by atoms with Crippen molar-refractivity contribution in [3.05, 3.63) is 71.2 Å². The molecule has 29 heavy (non-hydrogen) atoms. The largest absolute Gasteiger partial charge is 0.492 e.